The quantitative estimate of drug-likeness (QED) is 0.656. The summed E-state index contributed by atoms with van der Waals surface area (Å²) in [5, 5.41) is 3.34. The van der Waals surface area contributed by atoms with Gasteiger partial charge < -0.3 is 5.32 Å². The topological polar surface area (TPSA) is 12.0 Å². The molecule has 0 heterocycles. The molecule has 0 aliphatic heterocycles. The van der Waals surface area contributed by atoms with Gasteiger partial charge in [0.2, 0.25) is 0 Å². The number of hydrogen-bond acceptors (Lipinski definition) is 1. The second-order valence-corrected chi connectivity index (χ2v) is 4.40. The summed E-state index contributed by atoms with van der Waals surface area (Å²) in [6, 6.07) is 0.837. The molecule has 1 heteroatoms. The van der Waals surface area contributed by atoms with Crippen molar-refractivity contribution in [3.63, 3.8) is 0 Å². The molecule has 0 aromatic heterocycles. The molecule has 0 bridgehead atoms. The van der Waals surface area contributed by atoms with Crippen LogP contribution in [-0.4, -0.2) is 13.1 Å². The molecule has 1 rings (SSSR count). The average Bonchev–Trinajstić information content (AvgIpc) is 2.63. The van der Waals surface area contributed by atoms with E-state index in [1.807, 2.05) is 0 Å². The maximum atomic E-state index is 3.34. The third kappa shape index (κ3) is 2.48. The highest BCUT2D eigenvalue weighted by molar-refractivity contribution is 4.94. The van der Waals surface area contributed by atoms with Gasteiger partial charge in [-0.2, -0.15) is 0 Å². The van der Waals surface area contributed by atoms with Gasteiger partial charge >= 0.3 is 0 Å². The van der Waals surface area contributed by atoms with E-state index in [1.54, 1.807) is 0 Å². The van der Waals surface area contributed by atoms with Gasteiger partial charge in [-0.25, -0.2) is 0 Å². The molecule has 1 saturated carbocycles. The highest BCUT2D eigenvalue weighted by atomic mass is 14.9. The third-order valence-corrected chi connectivity index (χ3v) is 2.78. The SMILES string of the molecule is CNC1CC1[C@H](C)CC(C)C. The Morgan fingerprint density at radius 3 is 2.36 bits per heavy atom. The van der Waals surface area contributed by atoms with E-state index in [-0.39, 0.29) is 0 Å². The summed E-state index contributed by atoms with van der Waals surface area (Å²) >= 11 is 0. The van der Waals surface area contributed by atoms with Crippen molar-refractivity contribution in [1.82, 2.24) is 5.32 Å². The van der Waals surface area contributed by atoms with Crippen molar-refractivity contribution in [1.29, 1.82) is 0 Å². The molecular weight excluding hydrogens is 134 g/mol. The van der Waals surface area contributed by atoms with Crippen molar-refractivity contribution in [2.45, 2.75) is 39.7 Å². The fraction of sp³-hybridized carbons (Fsp3) is 1.00. The van der Waals surface area contributed by atoms with Gasteiger partial charge in [0.15, 0.2) is 0 Å². The van der Waals surface area contributed by atoms with Gasteiger partial charge in [-0.15, -0.1) is 0 Å². The van der Waals surface area contributed by atoms with E-state index < -0.39 is 0 Å². The van der Waals surface area contributed by atoms with Crippen LogP contribution in [0.3, 0.4) is 0 Å². The summed E-state index contributed by atoms with van der Waals surface area (Å²) < 4.78 is 0. The minimum Gasteiger partial charge on any atom is -0.317 e. The van der Waals surface area contributed by atoms with Crippen LogP contribution in [0.2, 0.25) is 0 Å². The number of hydrogen-bond donors (Lipinski definition) is 1. The first-order chi connectivity index (χ1) is 5.15. The monoisotopic (exact) mass is 155 g/mol. The maximum Gasteiger partial charge on any atom is 0.00987 e. The Hall–Kier alpha value is -0.0400. The van der Waals surface area contributed by atoms with E-state index >= 15 is 0 Å². The number of nitrogens with one attached hydrogen (secondary N) is 1. The summed E-state index contributed by atoms with van der Waals surface area (Å²) in [6.07, 6.45) is 2.80. The normalized spacial score (nSPS) is 32.5. The van der Waals surface area contributed by atoms with Crippen LogP contribution in [0, 0.1) is 17.8 Å². The smallest absolute Gasteiger partial charge is 0.00987 e. The lowest BCUT2D eigenvalue weighted by molar-refractivity contribution is 0.386. The Bertz CT molecular complexity index is 120. The van der Waals surface area contributed by atoms with E-state index in [9.17, 15) is 0 Å². The Morgan fingerprint density at radius 1 is 1.36 bits per heavy atom. The molecule has 0 amide bonds. The molecule has 2 unspecified atom stereocenters. The molecule has 0 saturated heterocycles. The molecule has 1 fully saturated rings. The van der Waals surface area contributed by atoms with Gasteiger partial charge in [-0.05, 0) is 37.6 Å². The first kappa shape index (κ1) is 9.05. The minimum atomic E-state index is 0.837. The molecule has 11 heavy (non-hydrogen) atoms. The van der Waals surface area contributed by atoms with E-state index in [0.717, 1.165) is 23.8 Å². The van der Waals surface area contributed by atoms with Crippen LogP contribution in [0.5, 0.6) is 0 Å². The largest absolute Gasteiger partial charge is 0.317 e. The average molecular weight is 155 g/mol. The molecule has 1 aliphatic carbocycles. The van der Waals surface area contributed by atoms with Crippen LogP contribution in [0.1, 0.15) is 33.6 Å². The standard InChI is InChI=1S/C10H21N/c1-7(2)5-8(3)9-6-10(9)11-4/h7-11H,5-6H2,1-4H3/t8-,9?,10?/m1/s1. The molecule has 0 aromatic carbocycles. The van der Waals surface area contributed by atoms with Crippen molar-refractivity contribution < 1.29 is 0 Å². The highest BCUT2D eigenvalue weighted by Gasteiger charge is 2.39. The maximum absolute atomic E-state index is 3.34. The highest BCUT2D eigenvalue weighted by Crippen LogP contribution is 2.39. The molecule has 0 spiro atoms. The Morgan fingerprint density at radius 2 is 2.00 bits per heavy atom. The number of rotatable bonds is 4. The lowest BCUT2D eigenvalue weighted by Gasteiger charge is -2.13. The zero-order valence-corrected chi connectivity index (χ0v) is 8.22. The third-order valence-electron chi connectivity index (χ3n) is 2.78. The van der Waals surface area contributed by atoms with Gasteiger partial charge in [-0.3, -0.25) is 0 Å². The van der Waals surface area contributed by atoms with Crippen LogP contribution >= 0.6 is 0 Å². The minimum absolute atomic E-state index is 0.837. The van der Waals surface area contributed by atoms with Crippen molar-refractivity contribution in [3.8, 4) is 0 Å². The molecule has 3 atom stereocenters. The van der Waals surface area contributed by atoms with Crippen LogP contribution in [-0.2, 0) is 0 Å². The molecule has 0 radical (unpaired) electrons. The predicted octanol–water partition coefficient (Wildman–Crippen LogP) is 2.28. The lowest BCUT2D eigenvalue weighted by atomic mass is 9.94. The first-order valence-electron chi connectivity index (χ1n) is 4.82. The van der Waals surface area contributed by atoms with E-state index in [0.29, 0.717) is 0 Å². The fourth-order valence-electron chi connectivity index (χ4n) is 2.09. The van der Waals surface area contributed by atoms with Crippen LogP contribution in [0.25, 0.3) is 0 Å². The van der Waals surface area contributed by atoms with E-state index in [4.69, 9.17) is 0 Å². The molecule has 1 nitrogen and oxygen atoms in total. The summed E-state index contributed by atoms with van der Waals surface area (Å²) in [7, 11) is 2.08. The van der Waals surface area contributed by atoms with E-state index in [2.05, 4.69) is 33.1 Å². The van der Waals surface area contributed by atoms with E-state index in [1.165, 1.54) is 12.8 Å². The van der Waals surface area contributed by atoms with Crippen molar-refractivity contribution in [2.75, 3.05) is 7.05 Å². The zero-order valence-electron chi connectivity index (χ0n) is 8.22. The Balaban J connectivity index is 2.17. The van der Waals surface area contributed by atoms with Gasteiger partial charge in [-0.1, -0.05) is 20.8 Å². The second-order valence-electron chi connectivity index (χ2n) is 4.40. The van der Waals surface area contributed by atoms with Crippen LogP contribution in [0.4, 0.5) is 0 Å². The van der Waals surface area contributed by atoms with Gasteiger partial charge in [0.05, 0.1) is 0 Å². The predicted molar refractivity (Wildman–Crippen MR) is 49.6 cm³/mol. The fourth-order valence-corrected chi connectivity index (χ4v) is 2.09. The first-order valence-corrected chi connectivity index (χ1v) is 4.82. The van der Waals surface area contributed by atoms with Crippen molar-refractivity contribution in [3.05, 3.63) is 0 Å². The molecule has 66 valence electrons. The Kier molecular flexibility index (Phi) is 2.94. The van der Waals surface area contributed by atoms with Crippen molar-refractivity contribution >= 4 is 0 Å². The lowest BCUT2D eigenvalue weighted by Crippen LogP contribution is -2.15. The Labute approximate surface area is 70.6 Å². The summed E-state index contributed by atoms with van der Waals surface area (Å²) in [6.45, 7) is 7.02. The van der Waals surface area contributed by atoms with Gasteiger partial charge in [0, 0.05) is 6.04 Å². The molecule has 0 aromatic rings. The summed E-state index contributed by atoms with van der Waals surface area (Å²) in [5.41, 5.74) is 0. The molecule has 1 aliphatic rings. The summed E-state index contributed by atoms with van der Waals surface area (Å²) in [5.74, 6) is 2.76. The van der Waals surface area contributed by atoms with Crippen LogP contribution in [0.15, 0.2) is 0 Å². The van der Waals surface area contributed by atoms with Gasteiger partial charge in [0.25, 0.3) is 0 Å². The second kappa shape index (κ2) is 3.57. The van der Waals surface area contributed by atoms with Gasteiger partial charge in [0.1, 0.15) is 0 Å². The van der Waals surface area contributed by atoms with Crippen LogP contribution < -0.4 is 5.32 Å². The zero-order chi connectivity index (χ0) is 8.43. The molecule has 1 N–H and O–H groups in total. The van der Waals surface area contributed by atoms with Crippen molar-refractivity contribution in [2.24, 2.45) is 17.8 Å². The summed E-state index contributed by atoms with van der Waals surface area (Å²) in [4.78, 5) is 0. The molecular formula is C10H21N.